The Bertz CT molecular complexity index is 1100. The number of hydrogen-bond acceptors (Lipinski definition) is 3. The lowest BCUT2D eigenvalue weighted by atomic mass is 10.1. The lowest BCUT2D eigenvalue weighted by Crippen LogP contribution is -2.34. The van der Waals surface area contributed by atoms with Gasteiger partial charge in [0.1, 0.15) is 0 Å². The molecule has 0 bridgehead atoms. The Hall–Kier alpha value is -2.47. The molecule has 0 saturated carbocycles. The number of aryl methyl sites for hydroxylation is 3. The van der Waals surface area contributed by atoms with Crippen LogP contribution in [0.25, 0.3) is 0 Å². The van der Waals surface area contributed by atoms with Crippen molar-refractivity contribution < 1.29 is 8.42 Å². The zero-order valence-electron chi connectivity index (χ0n) is 16.4. The maximum absolute atomic E-state index is 12.8. The molecule has 2 aliphatic rings. The molecule has 2 aromatic carbocycles. The van der Waals surface area contributed by atoms with Crippen molar-refractivity contribution >= 4 is 10.0 Å². The van der Waals surface area contributed by atoms with Crippen LogP contribution in [0.5, 0.6) is 0 Å². The lowest BCUT2D eigenvalue weighted by Gasteiger charge is -2.19. The standard InChI is InChI=1S/C17H22N2O2S.C6H4/c1-12-9-13(2)17(14(3)10-12)22(20,21)19-16(11-18)15-7-5-4-6-8-15;1-2-6-4-3-5(1)6/h4-10,16,19H,11,18H2,1-3H3;1-4H. The highest BCUT2D eigenvalue weighted by molar-refractivity contribution is 7.89. The third kappa shape index (κ3) is 4.33. The quantitative estimate of drug-likeness (QED) is 0.540. The minimum atomic E-state index is -3.63. The van der Waals surface area contributed by atoms with Crippen LogP contribution in [0, 0.1) is 31.2 Å². The molecule has 2 aromatic rings. The smallest absolute Gasteiger partial charge is 0.241 e. The van der Waals surface area contributed by atoms with Crippen molar-refractivity contribution in [2.75, 3.05) is 6.54 Å². The van der Waals surface area contributed by atoms with E-state index < -0.39 is 16.1 Å². The first kappa shape index (κ1) is 20.3. The second kappa shape index (κ2) is 8.27. The summed E-state index contributed by atoms with van der Waals surface area (Å²) in [6, 6.07) is 21.2. The number of nitrogens with two attached hydrogens (primary N) is 1. The van der Waals surface area contributed by atoms with Gasteiger partial charge in [0.25, 0.3) is 0 Å². The van der Waals surface area contributed by atoms with Crippen molar-refractivity contribution in [3.63, 3.8) is 0 Å². The van der Waals surface area contributed by atoms with Gasteiger partial charge in [-0.05, 0) is 47.9 Å². The molecule has 3 N–H and O–H groups in total. The van der Waals surface area contributed by atoms with Crippen LogP contribution in [0.1, 0.15) is 28.3 Å². The average Bonchev–Trinajstić information content (AvgIpc) is 2.62. The van der Waals surface area contributed by atoms with Gasteiger partial charge in [0.2, 0.25) is 10.0 Å². The Morgan fingerprint density at radius 3 is 1.75 bits per heavy atom. The molecule has 0 fully saturated rings. The van der Waals surface area contributed by atoms with Crippen LogP contribution in [-0.4, -0.2) is 15.0 Å². The first-order chi connectivity index (χ1) is 13.3. The van der Waals surface area contributed by atoms with Crippen LogP contribution in [0.15, 0.2) is 71.6 Å². The van der Waals surface area contributed by atoms with Gasteiger partial charge in [0, 0.05) is 6.54 Å². The van der Waals surface area contributed by atoms with Crippen molar-refractivity contribution in [3.05, 3.63) is 99.4 Å². The van der Waals surface area contributed by atoms with Crippen LogP contribution in [0.4, 0.5) is 0 Å². The first-order valence-electron chi connectivity index (χ1n) is 9.27. The SMILES string of the molecule is Cc1cc(C)c(S(=O)(=O)NC(CN)c2ccccc2)c(C)c1.c1cc2ccc1=2. The fourth-order valence-electron chi connectivity index (χ4n) is 3.44. The molecule has 5 heteroatoms. The van der Waals surface area contributed by atoms with Crippen LogP contribution in [0.3, 0.4) is 0 Å². The van der Waals surface area contributed by atoms with Gasteiger partial charge >= 0.3 is 0 Å². The molecular formula is C23H26N2O2S. The number of benzene rings is 3. The average molecular weight is 395 g/mol. The number of rotatable bonds is 5. The Balaban J connectivity index is 0.000000311. The van der Waals surface area contributed by atoms with E-state index in [1.807, 2.05) is 63.2 Å². The molecule has 0 aromatic heterocycles. The van der Waals surface area contributed by atoms with E-state index in [9.17, 15) is 8.42 Å². The third-order valence-corrected chi connectivity index (χ3v) is 6.60. The van der Waals surface area contributed by atoms with Crippen LogP contribution >= 0.6 is 0 Å². The molecule has 0 radical (unpaired) electrons. The molecule has 0 spiro atoms. The van der Waals surface area contributed by atoms with Gasteiger partial charge in [-0.15, -0.1) is 0 Å². The van der Waals surface area contributed by atoms with Crippen LogP contribution in [-0.2, 0) is 10.0 Å². The molecule has 4 rings (SSSR count). The molecule has 0 heterocycles. The molecule has 4 nitrogen and oxygen atoms in total. The van der Waals surface area contributed by atoms with Gasteiger partial charge in [-0.25, -0.2) is 13.1 Å². The summed E-state index contributed by atoms with van der Waals surface area (Å²) >= 11 is 0. The van der Waals surface area contributed by atoms with Crippen molar-refractivity contribution in [3.8, 4) is 0 Å². The molecule has 0 saturated heterocycles. The molecule has 146 valence electrons. The normalized spacial score (nSPS) is 12.7. The first-order valence-corrected chi connectivity index (χ1v) is 10.8. The fourth-order valence-corrected chi connectivity index (χ4v) is 5.13. The Morgan fingerprint density at radius 2 is 1.36 bits per heavy atom. The molecule has 28 heavy (non-hydrogen) atoms. The molecule has 0 aliphatic heterocycles. The van der Waals surface area contributed by atoms with Crippen LogP contribution < -0.4 is 10.5 Å². The van der Waals surface area contributed by atoms with Gasteiger partial charge in [-0.2, -0.15) is 0 Å². The van der Waals surface area contributed by atoms with E-state index >= 15 is 0 Å². The summed E-state index contributed by atoms with van der Waals surface area (Å²) in [6.45, 7) is 5.78. The summed E-state index contributed by atoms with van der Waals surface area (Å²) in [4.78, 5) is 0.340. The van der Waals surface area contributed by atoms with Gasteiger partial charge in [0.15, 0.2) is 0 Å². The van der Waals surface area contributed by atoms with E-state index in [1.165, 1.54) is 10.4 Å². The molecule has 1 atom stereocenters. The van der Waals surface area contributed by atoms with Gasteiger partial charge in [-0.3, -0.25) is 0 Å². The van der Waals surface area contributed by atoms with Gasteiger partial charge in [-0.1, -0.05) is 72.3 Å². The lowest BCUT2D eigenvalue weighted by molar-refractivity contribution is 0.557. The monoisotopic (exact) mass is 394 g/mol. The van der Waals surface area contributed by atoms with Crippen molar-refractivity contribution in [1.82, 2.24) is 4.72 Å². The summed E-state index contributed by atoms with van der Waals surface area (Å²) in [5.41, 5.74) is 9.16. The summed E-state index contributed by atoms with van der Waals surface area (Å²) in [7, 11) is -3.63. The van der Waals surface area contributed by atoms with Gasteiger partial charge in [0.05, 0.1) is 10.9 Å². The number of hydrogen-bond donors (Lipinski definition) is 2. The van der Waals surface area contributed by atoms with E-state index in [0.717, 1.165) is 22.3 Å². The fraction of sp³-hybridized carbons (Fsp3) is 0.217. The van der Waals surface area contributed by atoms with Crippen LogP contribution in [0.2, 0.25) is 0 Å². The number of nitrogens with one attached hydrogen (secondary N) is 1. The topological polar surface area (TPSA) is 72.2 Å². The Kier molecular flexibility index (Phi) is 5.98. The molecule has 2 aliphatic carbocycles. The highest BCUT2D eigenvalue weighted by Crippen LogP contribution is 2.23. The summed E-state index contributed by atoms with van der Waals surface area (Å²) in [6.07, 6.45) is 0. The highest BCUT2D eigenvalue weighted by atomic mass is 32.2. The zero-order chi connectivity index (χ0) is 20.3. The summed E-state index contributed by atoms with van der Waals surface area (Å²) < 4.78 is 28.2. The van der Waals surface area contributed by atoms with Crippen molar-refractivity contribution in [1.29, 1.82) is 0 Å². The number of sulfonamides is 1. The highest BCUT2D eigenvalue weighted by Gasteiger charge is 2.24. The van der Waals surface area contributed by atoms with E-state index in [0.29, 0.717) is 4.90 Å². The predicted molar refractivity (Wildman–Crippen MR) is 113 cm³/mol. The second-order valence-corrected chi connectivity index (χ2v) is 8.78. The van der Waals surface area contributed by atoms with Crippen molar-refractivity contribution in [2.24, 2.45) is 5.73 Å². The van der Waals surface area contributed by atoms with Gasteiger partial charge < -0.3 is 5.73 Å². The maximum Gasteiger partial charge on any atom is 0.241 e. The maximum atomic E-state index is 12.8. The summed E-state index contributed by atoms with van der Waals surface area (Å²) in [5.74, 6) is 0. The van der Waals surface area contributed by atoms with E-state index in [4.69, 9.17) is 5.73 Å². The molecule has 1 unspecified atom stereocenters. The predicted octanol–water partition coefficient (Wildman–Crippen LogP) is 3.88. The summed E-state index contributed by atoms with van der Waals surface area (Å²) in [5, 5.41) is 2.85. The van der Waals surface area contributed by atoms with E-state index in [1.54, 1.807) is 0 Å². The zero-order valence-corrected chi connectivity index (χ0v) is 17.3. The molecular weight excluding hydrogens is 368 g/mol. The van der Waals surface area contributed by atoms with Crippen molar-refractivity contribution in [2.45, 2.75) is 31.7 Å². The minimum Gasteiger partial charge on any atom is -0.329 e. The largest absolute Gasteiger partial charge is 0.329 e. The molecule has 0 amide bonds. The second-order valence-electron chi connectivity index (χ2n) is 7.13. The Labute approximate surface area is 166 Å². The van der Waals surface area contributed by atoms with E-state index in [2.05, 4.69) is 29.0 Å². The van der Waals surface area contributed by atoms with E-state index in [-0.39, 0.29) is 6.54 Å². The Morgan fingerprint density at radius 1 is 0.857 bits per heavy atom. The third-order valence-electron chi connectivity index (χ3n) is 4.83. The minimum absolute atomic E-state index is 0.202.